The molecule has 0 radical (unpaired) electrons. The molecule has 0 atom stereocenters. The summed E-state index contributed by atoms with van der Waals surface area (Å²) < 4.78 is 13.6. The highest BCUT2D eigenvalue weighted by Gasteiger charge is 2.34. The van der Waals surface area contributed by atoms with Crippen molar-refractivity contribution in [2.24, 2.45) is 0 Å². The molecule has 1 heterocycles. The first kappa shape index (κ1) is 20.9. The van der Waals surface area contributed by atoms with Gasteiger partial charge in [-0.2, -0.15) is 0 Å². The number of hydrogen-bond donors (Lipinski definition) is 1. The van der Waals surface area contributed by atoms with Crippen molar-refractivity contribution >= 4 is 22.7 Å². The minimum atomic E-state index is -0.418. The van der Waals surface area contributed by atoms with Gasteiger partial charge in [0, 0.05) is 23.2 Å². The molecule has 2 aliphatic rings. The number of nitrogens with one attached hydrogen (secondary N) is 1. The van der Waals surface area contributed by atoms with Gasteiger partial charge < -0.3 is 14.0 Å². The van der Waals surface area contributed by atoms with Crippen molar-refractivity contribution in [3.63, 3.8) is 0 Å². The molecule has 0 aliphatic heterocycles. The second kappa shape index (κ2) is 8.53. The van der Waals surface area contributed by atoms with Gasteiger partial charge in [0.25, 0.3) is 0 Å². The van der Waals surface area contributed by atoms with Crippen LogP contribution in [0, 0.1) is 0 Å². The molecule has 0 unspecified atom stereocenters. The van der Waals surface area contributed by atoms with Gasteiger partial charge in [-0.15, -0.1) is 0 Å². The SMILES string of the molecule is CCOc1ccc2c(C3CC3)c(-c3ccc(NC(=O)OC(C)C)cc3)n(C3CCC3)c2c1. The van der Waals surface area contributed by atoms with Crippen LogP contribution in [0.1, 0.15) is 70.4 Å². The Balaban J connectivity index is 1.58. The van der Waals surface area contributed by atoms with Gasteiger partial charge in [0.05, 0.1) is 23.9 Å². The summed E-state index contributed by atoms with van der Waals surface area (Å²) in [5, 5.41) is 4.19. The highest BCUT2D eigenvalue weighted by molar-refractivity contribution is 5.94. The fraction of sp³-hybridized carbons (Fsp3) is 0.444. The average molecular weight is 433 g/mol. The third-order valence-corrected chi connectivity index (χ3v) is 6.50. The van der Waals surface area contributed by atoms with E-state index in [2.05, 4.69) is 40.2 Å². The van der Waals surface area contributed by atoms with Crippen molar-refractivity contribution in [1.29, 1.82) is 0 Å². The lowest BCUT2D eigenvalue weighted by molar-refractivity contribution is 0.130. The Kier molecular flexibility index (Phi) is 5.58. The Bertz CT molecular complexity index is 1120. The molecule has 1 aromatic heterocycles. The second-order valence-electron chi connectivity index (χ2n) is 9.26. The normalized spacial score (nSPS) is 16.2. The van der Waals surface area contributed by atoms with E-state index in [-0.39, 0.29) is 6.10 Å². The molecule has 2 saturated carbocycles. The van der Waals surface area contributed by atoms with Crippen LogP contribution in [0.25, 0.3) is 22.2 Å². The van der Waals surface area contributed by atoms with Gasteiger partial charge in [0.1, 0.15) is 5.75 Å². The summed E-state index contributed by atoms with van der Waals surface area (Å²) in [7, 11) is 0. The first-order valence-electron chi connectivity index (χ1n) is 11.9. The van der Waals surface area contributed by atoms with Crippen molar-refractivity contribution in [3.8, 4) is 17.0 Å². The molecule has 0 bridgehead atoms. The molecular weight excluding hydrogens is 400 g/mol. The number of amides is 1. The van der Waals surface area contributed by atoms with Crippen molar-refractivity contribution in [2.45, 2.75) is 70.9 Å². The maximum atomic E-state index is 12.0. The van der Waals surface area contributed by atoms with Gasteiger partial charge in [0.15, 0.2) is 0 Å². The number of anilines is 1. The Hall–Kier alpha value is -2.95. The molecule has 5 nitrogen and oxygen atoms in total. The summed E-state index contributed by atoms with van der Waals surface area (Å²) in [4.78, 5) is 12.0. The number of hydrogen-bond acceptors (Lipinski definition) is 3. The maximum Gasteiger partial charge on any atom is 0.411 e. The van der Waals surface area contributed by atoms with Crippen molar-refractivity contribution in [3.05, 3.63) is 48.0 Å². The molecule has 2 aliphatic carbocycles. The number of aromatic nitrogens is 1. The van der Waals surface area contributed by atoms with Crippen LogP contribution in [-0.2, 0) is 4.74 Å². The van der Waals surface area contributed by atoms with Crippen LogP contribution in [0.5, 0.6) is 5.75 Å². The molecule has 0 spiro atoms. The molecule has 0 saturated heterocycles. The lowest BCUT2D eigenvalue weighted by Crippen LogP contribution is -2.18. The fourth-order valence-electron chi connectivity index (χ4n) is 4.75. The minimum absolute atomic E-state index is 0.143. The number of ether oxygens (including phenoxy) is 2. The van der Waals surface area contributed by atoms with E-state index in [0.29, 0.717) is 18.6 Å². The molecule has 5 rings (SSSR count). The highest BCUT2D eigenvalue weighted by Crippen LogP contribution is 2.52. The maximum absolute atomic E-state index is 12.0. The van der Waals surface area contributed by atoms with Crippen molar-refractivity contribution in [1.82, 2.24) is 4.57 Å². The molecular formula is C27H32N2O3. The third-order valence-electron chi connectivity index (χ3n) is 6.50. The van der Waals surface area contributed by atoms with Gasteiger partial charge in [-0.1, -0.05) is 12.1 Å². The summed E-state index contributed by atoms with van der Waals surface area (Å²) in [6.45, 7) is 6.39. The van der Waals surface area contributed by atoms with Gasteiger partial charge in [-0.3, -0.25) is 5.32 Å². The van der Waals surface area contributed by atoms with E-state index in [1.807, 2.05) is 32.9 Å². The molecule has 5 heteroatoms. The van der Waals surface area contributed by atoms with E-state index < -0.39 is 6.09 Å². The number of carbonyl (C=O) groups is 1. The number of rotatable bonds is 7. The van der Waals surface area contributed by atoms with Crippen LogP contribution in [0.3, 0.4) is 0 Å². The van der Waals surface area contributed by atoms with Crippen LogP contribution in [0.15, 0.2) is 42.5 Å². The summed E-state index contributed by atoms with van der Waals surface area (Å²) in [5.74, 6) is 1.57. The highest BCUT2D eigenvalue weighted by atomic mass is 16.6. The standard InChI is InChI=1S/C27H32N2O3/c1-4-31-22-14-15-23-24(16-22)29(21-6-5-7-21)26(25(23)18-8-9-18)19-10-12-20(13-11-19)28-27(30)32-17(2)3/h10-18,21H,4-9H2,1-3H3,(H,28,30). The average Bonchev–Trinajstić information content (AvgIpc) is 3.50. The molecule has 1 amide bonds. The van der Waals surface area contributed by atoms with Crippen molar-refractivity contribution < 1.29 is 14.3 Å². The Labute approximate surface area is 189 Å². The number of nitrogens with zero attached hydrogens (tertiary/aromatic N) is 1. The second-order valence-corrected chi connectivity index (χ2v) is 9.26. The first-order chi connectivity index (χ1) is 15.5. The van der Waals surface area contributed by atoms with Gasteiger partial charge in [-0.05, 0) is 94.2 Å². The van der Waals surface area contributed by atoms with E-state index >= 15 is 0 Å². The topological polar surface area (TPSA) is 52.5 Å². The number of carbonyl (C=O) groups excluding carboxylic acids is 1. The molecule has 1 N–H and O–H groups in total. The molecule has 2 aromatic carbocycles. The Morgan fingerprint density at radius 2 is 1.84 bits per heavy atom. The van der Waals surface area contributed by atoms with E-state index in [1.54, 1.807) is 0 Å². The fourth-order valence-corrected chi connectivity index (χ4v) is 4.75. The largest absolute Gasteiger partial charge is 0.494 e. The van der Waals surface area contributed by atoms with E-state index in [9.17, 15) is 4.79 Å². The van der Waals surface area contributed by atoms with E-state index in [1.165, 1.54) is 59.8 Å². The molecule has 3 aromatic rings. The van der Waals surface area contributed by atoms with Crippen LogP contribution in [0.4, 0.5) is 10.5 Å². The number of fused-ring (bicyclic) bond motifs is 1. The Morgan fingerprint density at radius 3 is 2.44 bits per heavy atom. The van der Waals surface area contributed by atoms with Gasteiger partial charge in [0.2, 0.25) is 0 Å². The zero-order chi connectivity index (χ0) is 22.2. The summed E-state index contributed by atoms with van der Waals surface area (Å²) in [5.41, 5.74) is 6.07. The zero-order valence-corrected chi connectivity index (χ0v) is 19.2. The quantitative estimate of drug-likeness (QED) is 0.427. The minimum Gasteiger partial charge on any atom is -0.494 e. The lowest BCUT2D eigenvalue weighted by atomic mass is 9.92. The summed E-state index contributed by atoms with van der Waals surface area (Å²) >= 11 is 0. The predicted molar refractivity (Wildman–Crippen MR) is 129 cm³/mol. The zero-order valence-electron chi connectivity index (χ0n) is 19.2. The molecule has 2 fully saturated rings. The number of benzene rings is 2. The van der Waals surface area contributed by atoms with E-state index in [0.717, 1.165) is 11.4 Å². The summed E-state index contributed by atoms with van der Waals surface area (Å²) in [6, 6.07) is 15.3. The van der Waals surface area contributed by atoms with Crippen LogP contribution in [0.2, 0.25) is 0 Å². The first-order valence-corrected chi connectivity index (χ1v) is 11.9. The van der Waals surface area contributed by atoms with Crippen molar-refractivity contribution in [2.75, 3.05) is 11.9 Å². The van der Waals surface area contributed by atoms with Gasteiger partial charge in [-0.25, -0.2) is 4.79 Å². The van der Waals surface area contributed by atoms with Crippen LogP contribution >= 0.6 is 0 Å². The summed E-state index contributed by atoms with van der Waals surface area (Å²) in [6.07, 6.45) is 5.68. The lowest BCUT2D eigenvalue weighted by Gasteiger charge is -2.30. The predicted octanol–water partition coefficient (Wildman–Crippen LogP) is 7.27. The van der Waals surface area contributed by atoms with Crippen LogP contribution < -0.4 is 10.1 Å². The molecule has 32 heavy (non-hydrogen) atoms. The monoisotopic (exact) mass is 432 g/mol. The molecule has 168 valence electrons. The van der Waals surface area contributed by atoms with Gasteiger partial charge >= 0.3 is 6.09 Å². The van der Waals surface area contributed by atoms with E-state index in [4.69, 9.17) is 9.47 Å². The smallest absolute Gasteiger partial charge is 0.411 e. The van der Waals surface area contributed by atoms with Crippen LogP contribution in [-0.4, -0.2) is 23.4 Å². The third kappa shape index (κ3) is 3.96. The Morgan fingerprint density at radius 1 is 1.09 bits per heavy atom.